The quantitative estimate of drug-likeness (QED) is 0.241. The molecule has 3 aromatic carbocycles. The lowest BCUT2D eigenvalue weighted by atomic mass is 10.1. The van der Waals surface area contributed by atoms with Crippen LogP contribution in [0.3, 0.4) is 0 Å². The molecule has 0 spiro atoms. The number of ether oxygens (including phenoxy) is 2. The van der Waals surface area contributed by atoms with Crippen LogP contribution in [0.5, 0.6) is 11.5 Å². The maximum atomic E-state index is 12.6. The van der Waals surface area contributed by atoms with Crippen LogP contribution in [0.4, 0.5) is 0 Å². The van der Waals surface area contributed by atoms with Crippen LogP contribution in [0, 0.1) is 0 Å². The van der Waals surface area contributed by atoms with Crippen LogP contribution in [0.15, 0.2) is 77.3 Å². The van der Waals surface area contributed by atoms with E-state index in [1.807, 2.05) is 48.5 Å². The van der Waals surface area contributed by atoms with Crippen LogP contribution in [0.1, 0.15) is 43.0 Å². The first-order valence-corrected chi connectivity index (χ1v) is 12.2. The number of halogens is 1. The maximum absolute atomic E-state index is 12.6. The summed E-state index contributed by atoms with van der Waals surface area (Å²) in [6.45, 7) is 2.45. The number of amides is 2. The van der Waals surface area contributed by atoms with E-state index in [4.69, 9.17) is 9.47 Å². The molecule has 0 fully saturated rings. The molecule has 0 aliphatic carbocycles. The van der Waals surface area contributed by atoms with E-state index in [9.17, 15) is 9.59 Å². The maximum Gasteiger partial charge on any atom is 0.276 e. The van der Waals surface area contributed by atoms with Gasteiger partial charge in [-0.05, 0) is 47.9 Å². The number of carbonyl (C=O) groups is 2. The third kappa shape index (κ3) is 7.92. The summed E-state index contributed by atoms with van der Waals surface area (Å²) in [5, 5.41) is 0. The van der Waals surface area contributed by atoms with E-state index >= 15 is 0 Å². The lowest BCUT2D eigenvalue weighted by molar-refractivity contribution is -0.123. The summed E-state index contributed by atoms with van der Waals surface area (Å²) in [5.74, 6) is 0.0936. The molecule has 34 heavy (non-hydrogen) atoms. The van der Waals surface area contributed by atoms with Crippen LogP contribution >= 0.6 is 15.9 Å². The summed E-state index contributed by atoms with van der Waals surface area (Å²) in [6.07, 6.45) is 4.31. The number of rotatable bonds is 11. The molecule has 7 heteroatoms. The van der Waals surface area contributed by atoms with Crippen molar-refractivity contribution in [2.24, 2.45) is 0 Å². The minimum absolute atomic E-state index is 0.232. The summed E-state index contributed by atoms with van der Waals surface area (Å²) >= 11 is 3.37. The van der Waals surface area contributed by atoms with Crippen molar-refractivity contribution >= 4 is 27.7 Å². The summed E-state index contributed by atoms with van der Waals surface area (Å²) in [6, 6.07) is 22.7. The van der Waals surface area contributed by atoms with Crippen molar-refractivity contribution in [2.75, 3.05) is 13.2 Å². The van der Waals surface area contributed by atoms with Gasteiger partial charge in [-0.2, -0.15) is 0 Å². The Kier molecular flexibility index (Phi) is 9.98. The average molecular weight is 525 g/mol. The molecule has 0 radical (unpaired) electrons. The number of hydrazine groups is 1. The van der Waals surface area contributed by atoms with E-state index in [0.29, 0.717) is 23.7 Å². The first-order valence-electron chi connectivity index (χ1n) is 11.4. The number of nitrogens with one attached hydrogen (secondary N) is 2. The highest BCUT2D eigenvalue weighted by Crippen LogP contribution is 2.24. The van der Waals surface area contributed by atoms with Gasteiger partial charge in [0.1, 0.15) is 11.5 Å². The van der Waals surface area contributed by atoms with E-state index in [1.54, 1.807) is 24.3 Å². The fraction of sp³-hybridized carbons (Fsp3) is 0.259. The minimum Gasteiger partial charge on any atom is -0.493 e. The van der Waals surface area contributed by atoms with Gasteiger partial charge in [0.2, 0.25) is 0 Å². The average Bonchev–Trinajstić information content (AvgIpc) is 2.87. The van der Waals surface area contributed by atoms with Crippen LogP contribution in [0.2, 0.25) is 0 Å². The Balaban J connectivity index is 1.47. The van der Waals surface area contributed by atoms with Crippen LogP contribution in [0.25, 0.3) is 11.1 Å². The van der Waals surface area contributed by atoms with Crippen molar-refractivity contribution in [3.63, 3.8) is 0 Å². The Morgan fingerprint density at radius 2 is 1.56 bits per heavy atom. The first-order chi connectivity index (χ1) is 16.6. The molecule has 0 atom stereocenters. The van der Waals surface area contributed by atoms with Crippen LogP contribution in [-0.4, -0.2) is 25.0 Å². The fourth-order valence-electron chi connectivity index (χ4n) is 3.27. The molecule has 0 heterocycles. The standard InChI is InChI=1S/C27H29BrN2O4/c1-2-3-4-8-17-33-25-16-13-22(28)18-24(25)27(32)30-29-26(31)19-34-23-14-11-21(12-15-23)20-9-6-5-7-10-20/h5-7,9-16,18H,2-4,8,17,19H2,1H3,(H,29,31)(H,30,32). The van der Waals surface area contributed by atoms with Crippen molar-refractivity contribution in [1.29, 1.82) is 0 Å². The first kappa shape index (κ1) is 25.3. The number of benzene rings is 3. The highest BCUT2D eigenvalue weighted by atomic mass is 79.9. The lowest BCUT2D eigenvalue weighted by Crippen LogP contribution is -2.44. The molecule has 6 nitrogen and oxygen atoms in total. The molecule has 3 rings (SSSR count). The molecule has 3 aromatic rings. The van der Waals surface area contributed by atoms with Crippen LogP contribution < -0.4 is 20.3 Å². The van der Waals surface area contributed by atoms with Gasteiger partial charge in [-0.1, -0.05) is 84.6 Å². The van der Waals surface area contributed by atoms with Gasteiger partial charge < -0.3 is 9.47 Å². The number of unbranched alkanes of at least 4 members (excludes halogenated alkanes) is 3. The van der Waals surface area contributed by atoms with Gasteiger partial charge in [0.05, 0.1) is 12.2 Å². The van der Waals surface area contributed by atoms with E-state index in [2.05, 4.69) is 33.7 Å². The Morgan fingerprint density at radius 1 is 0.824 bits per heavy atom. The van der Waals surface area contributed by atoms with Crippen molar-refractivity contribution in [2.45, 2.75) is 32.6 Å². The predicted octanol–water partition coefficient (Wildman–Crippen LogP) is 5.92. The largest absolute Gasteiger partial charge is 0.493 e. The Labute approximate surface area is 208 Å². The molecule has 0 aromatic heterocycles. The smallest absolute Gasteiger partial charge is 0.276 e. The summed E-state index contributed by atoms with van der Waals surface area (Å²) < 4.78 is 12.1. The fourth-order valence-corrected chi connectivity index (χ4v) is 3.63. The zero-order chi connectivity index (χ0) is 24.2. The second-order valence-corrected chi connectivity index (χ2v) is 8.65. The third-order valence-corrected chi connectivity index (χ3v) is 5.58. The molecule has 0 aliphatic rings. The van der Waals surface area contributed by atoms with Crippen molar-refractivity contribution in [3.05, 3.63) is 82.8 Å². The van der Waals surface area contributed by atoms with E-state index in [0.717, 1.165) is 41.3 Å². The molecule has 0 bridgehead atoms. The SMILES string of the molecule is CCCCCCOc1ccc(Br)cc1C(=O)NNC(=O)COc1ccc(-c2ccccc2)cc1. The molecular formula is C27H29BrN2O4. The van der Waals surface area contributed by atoms with Crippen molar-refractivity contribution in [1.82, 2.24) is 10.9 Å². The van der Waals surface area contributed by atoms with E-state index in [1.165, 1.54) is 0 Å². The monoisotopic (exact) mass is 524 g/mol. The summed E-state index contributed by atoms with van der Waals surface area (Å²) in [7, 11) is 0. The summed E-state index contributed by atoms with van der Waals surface area (Å²) in [5.41, 5.74) is 7.31. The molecular weight excluding hydrogens is 496 g/mol. The van der Waals surface area contributed by atoms with E-state index in [-0.39, 0.29) is 6.61 Å². The van der Waals surface area contributed by atoms with Gasteiger partial charge in [0, 0.05) is 4.47 Å². The van der Waals surface area contributed by atoms with Gasteiger partial charge >= 0.3 is 0 Å². The van der Waals surface area contributed by atoms with Crippen LogP contribution in [-0.2, 0) is 4.79 Å². The number of hydrogen-bond acceptors (Lipinski definition) is 4. The minimum atomic E-state index is -0.475. The van der Waals surface area contributed by atoms with Gasteiger partial charge in [0.25, 0.3) is 11.8 Å². The Hall–Kier alpha value is -3.32. The predicted molar refractivity (Wildman–Crippen MR) is 137 cm³/mol. The highest BCUT2D eigenvalue weighted by molar-refractivity contribution is 9.10. The molecule has 178 valence electrons. The number of carbonyl (C=O) groups excluding carboxylic acids is 2. The third-order valence-electron chi connectivity index (χ3n) is 5.09. The molecule has 2 amide bonds. The molecule has 2 N–H and O–H groups in total. The van der Waals surface area contributed by atoms with Crippen molar-refractivity contribution in [3.8, 4) is 22.6 Å². The molecule has 0 aliphatic heterocycles. The topological polar surface area (TPSA) is 76.7 Å². The Bertz CT molecular complexity index is 1070. The van der Waals surface area contributed by atoms with Gasteiger partial charge in [-0.15, -0.1) is 0 Å². The zero-order valence-electron chi connectivity index (χ0n) is 19.2. The Morgan fingerprint density at radius 3 is 2.29 bits per heavy atom. The molecule has 0 saturated heterocycles. The zero-order valence-corrected chi connectivity index (χ0v) is 20.8. The van der Waals surface area contributed by atoms with Crippen molar-refractivity contribution < 1.29 is 19.1 Å². The lowest BCUT2D eigenvalue weighted by Gasteiger charge is -2.13. The molecule has 0 unspecified atom stereocenters. The summed E-state index contributed by atoms with van der Waals surface area (Å²) in [4.78, 5) is 24.8. The highest BCUT2D eigenvalue weighted by Gasteiger charge is 2.14. The normalized spacial score (nSPS) is 10.4. The number of hydrogen-bond donors (Lipinski definition) is 2. The van der Waals surface area contributed by atoms with Gasteiger partial charge in [-0.25, -0.2) is 0 Å². The molecule has 0 saturated carbocycles. The van der Waals surface area contributed by atoms with Gasteiger partial charge in [0.15, 0.2) is 6.61 Å². The second-order valence-electron chi connectivity index (χ2n) is 7.73. The van der Waals surface area contributed by atoms with E-state index < -0.39 is 11.8 Å². The second kappa shape index (κ2) is 13.4. The van der Waals surface area contributed by atoms with Gasteiger partial charge in [-0.3, -0.25) is 20.4 Å².